The molecule has 2 nitrogen and oxygen atoms in total. The Labute approximate surface area is 123 Å². The average molecular weight is 329 g/mol. The lowest BCUT2D eigenvalue weighted by Gasteiger charge is -2.49. The van der Waals surface area contributed by atoms with E-state index < -0.39 is 0 Å². The molecule has 106 valence electrons. The van der Waals surface area contributed by atoms with Gasteiger partial charge in [0.1, 0.15) is 5.82 Å². The lowest BCUT2D eigenvalue weighted by Crippen LogP contribution is -2.56. The van der Waals surface area contributed by atoms with Crippen LogP contribution >= 0.6 is 15.9 Å². The Morgan fingerprint density at radius 1 is 1.21 bits per heavy atom. The van der Waals surface area contributed by atoms with Crippen LogP contribution in [0, 0.1) is 5.82 Å². The molecule has 1 aromatic carbocycles. The lowest BCUT2D eigenvalue weighted by atomic mass is 9.75. The van der Waals surface area contributed by atoms with Crippen molar-refractivity contribution >= 4 is 15.9 Å². The fourth-order valence-corrected chi connectivity index (χ4v) is 3.42. The SMILES string of the molecule is CN(Cc1cc(F)cc(Br)c1)CC1(N(C)C)CCC1. The van der Waals surface area contributed by atoms with Gasteiger partial charge >= 0.3 is 0 Å². The number of hydrogen-bond donors (Lipinski definition) is 0. The van der Waals surface area contributed by atoms with E-state index in [0.717, 1.165) is 23.1 Å². The zero-order valence-electron chi connectivity index (χ0n) is 11.9. The number of nitrogens with zero attached hydrogens (tertiary/aromatic N) is 2. The lowest BCUT2D eigenvalue weighted by molar-refractivity contribution is 0.0259. The molecule has 0 spiro atoms. The van der Waals surface area contributed by atoms with Crippen LogP contribution in [0.5, 0.6) is 0 Å². The molecule has 0 bridgehead atoms. The van der Waals surface area contributed by atoms with Crippen molar-refractivity contribution < 1.29 is 4.39 Å². The molecular formula is C15H22BrFN2. The van der Waals surface area contributed by atoms with Crippen molar-refractivity contribution in [1.29, 1.82) is 0 Å². The highest BCUT2D eigenvalue weighted by atomic mass is 79.9. The van der Waals surface area contributed by atoms with Crippen LogP contribution in [-0.4, -0.2) is 43.0 Å². The maximum Gasteiger partial charge on any atom is 0.124 e. The van der Waals surface area contributed by atoms with Crippen LogP contribution in [0.25, 0.3) is 0 Å². The highest BCUT2D eigenvalue weighted by molar-refractivity contribution is 9.10. The van der Waals surface area contributed by atoms with E-state index in [1.807, 2.05) is 6.07 Å². The second kappa shape index (κ2) is 5.90. The van der Waals surface area contributed by atoms with E-state index in [2.05, 4.69) is 46.9 Å². The normalized spacial score (nSPS) is 17.8. The van der Waals surface area contributed by atoms with Gasteiger partial charge in [0.25, 0.3) is 0 Å². The molecular weight excluding hydrogens is 307 g/mol. The first-order valence-electron chi connectivity index (χ1n) is 6.72. The Morgan fingerprint density at radius 3 is 2.37 bits per heavy atom. The highest BCUT2D eigenvalue weighted by Crippen LogP contribution is 2.36. The number of halogens is 2. The van der Waals surface area contributed by atoms with Gasteiger partial charge in [-0.15, -0.1) is 0 Å². The predicted octanol–water partition coefficient (Wildman–Crippen LogP) is 3.50. The summed E-state index contributed by atoms with van der Waals surface area (Å²) in [7, 11) is 6.43. The first-order valence-corrected chi connectivity index (χ1v) is 7.51. The molecule has 4 heteroatoms. The number of rotatable bonds is 5. The minimum absolute atomic E-state index is 0.177. The molecule has 0 saturated heterocycles. The summed E-state index contributed by atoms with van der Waals surface area (Å²) in [6, 6.07) is 5.10. The third kappa shape index (κ3) is 3.56. The Balaban J connectivity index is 1.99. The number of hydrogen-bond acceptors (Lipinski definition) is 2. The summed E-state index contributed by atoms with van der Waals surface area (Å²) in [4.78, 5) is 4.63. The Morgan fingerprint density at radius 2 is 1.89 bits per heavy atom. The van der Waals surface area contributed by atoms with Crippen molar-refractivity contribution in [3.05, 3.63) is 34.1 Å². The molecule has 0 heterocycles. The maximum absolute atomic E-state index is 13.4. The molecule has 0 unspecified atom stereocenters. The molecule has 0 aliphatic heterocycles. The quantitative estimate of drug-likeness (QED) is 0.816. The zero-order chi connectivity index (χ0) is 14.0. The maximum atomic E-state index is 13.4. The van der Waals surface area contributed by atoms with Crippen LogP contribution in [-0.2, 0) is 6.54 Å². The van der Waals surface area contributed by atoms with Gasteiger partial charge in [-0.3, -0.25) is 0 Å². The zero-order valence-corrected chi connectivity index (χ0v) is 13.5. The first-order chi connectivity index (χ1) is 8.91. The average Bonchev–Trinajstić information content (AvgIpc) is 2.21. The van der Waals surface area contributed by atoms with Crippen LogP contribution in [0.3, 0.4) is 0 Å². The Hall–Kier alpha value is -0.450. The van der Waals surface area contributed by atoms with Crippen molar-refractivity contribution in [2.24, 2.45) is 0 Å². The first kappa shape index (κ1) is 14.9. The standard InChI is InChI=1S/C15H22BrFN2/c1-18(2)15(5-4-6-15)11-19(3)10-12-7-13(16)9-14(17)8-12/h7-9H,4-6,10-11H2,1-3H3. The molecule has 0 radical (unpaired) electrons. The Bertz CT molecular complexity index is 424. The van der Waals surface area contributed by atoms with Gasteiger partial charge in [0.15, 0.2) is 0 Å². The van der Waals surface area contributed by atoms with Crippen LogP contribution in [0.15, 0.2) is 22.7 Å². The third-order valence-corrected chi connectivity index (χ3v) is 4.63. The summed E-state index contributed by atoms with van der Waals surface area (Å²) in [5.41, 5.74) is 1.34. The predicted molar refractivity (Wildman–Crippen MR) is 80.7 cm³/mol. The van der Waals surface area contributed by atoms with E-state index in [1.54, 1.807) is 6.07 Å². The summed E-state index contributed by atoms with van der Waals surface area (Å²) in [6.45, 7) is 1.82. The second-order valence-electron chi connectivity index (χ2n) is 5.92. The molecule has 2 rings (SSSR count). The molecule has 1 aromatic rings. The van der Waals surface area contributed by atoms with Gasteiger partial charge < -0.3 is 9.80 Å². The van der Waals surface area contributed by atoms with Gasteiger partial charge in [-0.25, -0.2) is 4.39 Å². The second-order valence-corrected chi connectivity index (χ2v) is 6.84. The summed E-state index contributed by atoms with van der Waals surface area (Å²) < 4.78 is 14.2. The molecule has 0 amide bonds. The van der Waals surface area contributed by atoms with Crippen LogP contribution in [0.1, 0.15) is 24.8 Å². The fourth-order valence-electron chi connectivity index (χ4n) is 2.90. The van der Waals surface area contributed by atoms with E-state index in [1.165, 1.54) is 25.3 Å². The minimum atomic E-state index is -0.177. The van der Waals surface area contributed by atoms with Crippen molar-refractivity contribution in [3.63, 3.8) is 0 Å². The minimum Gasteiger partial charge on any atom is -0.302 e. The van der Waals surface area contributed by atoms with Gasteiger partial charge in [0.05, 0.1) is 0 Å². The topological polar surface area (TPSA) is 6.48 Å². The summed E-state index contributed by atoms with van der Waals surface area (Å²) in [6.07, 6.45) is 3.84. The van der Waals surface area contributed by atoms with Gasteiger partial charge in [-0.1, -0.05) is 15.9 Å². The van der Waals surface area contributed by atoms with Crippen molar-refractivity contribution in [1.82, 2.24) is 9.80 Å². The largest absolute Gasteiger partial charge is 0.302 e. The van der Waals surface area contributed by atoms with E-state index in [4.69, 9.17) is 0 Å². The molecule has 1 aliphatic carbocycles. The summed E-state index contributed by atoms with van der Waals surface area (Å²) >= 11 is 3.35. The van der Waals surface area contributed by atoms with Gasteiger partial charge in [0, 0.05) is 23.1 Å². The van der Waals surface area contributed by atoms with E-state index in [0.29, 0.717) is 5.54 Å². The molecule has 19 heavy (non-hydrogen) atoms. The third-order valence-electron chi connectivity index (χ3n) is 4.17. The molecule has 1 aliphatic rings. The number of benzene rings is 1. The molecule has 0 N–H and O–H groups in total. The molecule has 0 atom stereocenters. The molecule has 0 aromatic heterocycles. The van der Waals surface area contributed by atoms with E-state index in [-0.39, 0.29) is 5.82 Å². The van der Waals surface area contributed by atoms with Gasteiger partial charge in [-0.2, -0.15) is 0 Å². The van der Waals surface area contributed by atoms with Gasteiger partial charge in [0.2, 0.25) is 0 Å². The van der Waals surface area contributed by atoms with Crippen molar-refractivity contribution in [2.75, 3.05) is 27.7 Å². The smallest absolute Gasteiger partial charge is 0.124 e. The number of likely N-dealkylation sites (N-methyl/N-ethyl adjacent to an activating group) is 2. The van der Waals surface area contributed by atoms with Crippen LogP contribution in [0.4, 0.5) is 4.39 Å². The Kier molecular flexibility index (Phi) is 4.64. The van der Waals surface area contributed by atoms with Crippen LogP contribution < -0.4 is 0 Å². The summed E-state index contributed by atoms with van der Waals surface area (Å²) in [5, 5.41) is 0. The van der Waals surface area contributed by atoms with E-state index >= 15 is 0 Å². The van der Waals surface area contributed by atoms with E-state index in [9.17, 15) is 4.39 Å². The summed E-state index contributed by atoms with van der Waals surface area (Å²) in [5.74, 6) is -0.177. The molecule has 1 fully saturated rings. The molecule has 1 saturated carbocycles. The van der Waals surface area contributed by atoms with Crippen molar-refractivity contribution in [2.45, 2.75) is 31.3 Å². The monoisotopic (exact) mass is 328 g/mol. The fraction of sp³-hybridized carbons (Fsp3) is 0.600. The highest BCUT2D eigenvalue weighted by Gasteiger charge is 2.39. The van der Waals surface area contributed by atoms with Gasteiger partial charge in [-0.05, 0) is 64.2 Å². The van der Waals surface area contributed by atoms with Crippen LogP contribution in [0.2, 0.25) is 0 Å². The van der Waals surface area contributed by atoms with Crippen molar-refractivity contribution in [3.8, 4) is 0 Å².